The molecule has 0 saturated carbocycles. The number of halogens is 2. The van der Waals surface area contributed by atoms with Gasteiger partial charge in [-0.15, -0.1) is 10.2 Å². The molecule has 1 amide bonds. The van der Waals surface area contributed by atoms with Crippen LogP contribution < -0.4 is 5.32 Å². The van der Waals surface area contributed by atoms with E-state index >= 15 is 0 Å². The van der Waals surface area contributed by atoms with E-state index in [4.69, 9.17) is 23.2 Å². The van der Waals surface area contributed by atoms with Gasteiger partial charge in [0.15, 0.2) is 5.16 Å². The van der Waals surface area contributed by atoms with Crippen molar-refractivity contribution in [3.05, 3.63) is 45.7 Å². The zero-order valence-corrected chi connectivity index (χ0v) is 15.2. The molecule has 0 aliphatic rings. The second-order valence-electron chi connectivity index (χ2n) is 5.15. The molecule has 3 rings (SSSR count). The van der Waals surface area contributed by atoms with Gasteiger partial charge in [0.1, 0.15) is 0 Å². The molecule has 3 aromatic rings. The van der Waals surface area contributed by atoms with Crippen LogP contribution in [-0.4, -0.2) is 31.2 Å². The summed E-state index contributed by atoms with van der Waals surface area (Å²) in [4.78, 5) is 16.4. The van der Waals surface area contributed by atoms with E-state index in [0.717, 1.165) is 11.4 Å². The summed E-state index contributed by atoms with van der Waals surface area (Å²) in [5.41, 5.74) is 2.39. The molecule has 0 atom stereocenters. The zero-order valence-electron chi connectivity index (χ0n) is 12.9. The van der Waals surface area contributed by atoms with E-state index in [0.29, 0.717) is 26.7 Å². The number of aromatic nitrogens is 4. The van der Waals surface area contributed by atoms with Crippen LogP contribution >= 0.6 is 35.0 Å². The molecule has 2 aromatic heterocycles. The third-order valence-electron chi connectivity index (χ3n) is 3.14. The lowest BCUT2D eigenvalue weighted by atomic mass is 10.3. The molecule has 1 aromatic carbocycles. The summed E-state index contributed by atoms with van der Waals surface area (Å²) in [5.74, 6) is 0.517. The van der Waals surface area contributed by atoms with Gasteiger partial charge >= 0.3 is 0 Å². The van der Waals surface area contributed by atoms with E-state index in [1.807, 2.05) is 24.3 Å². The van der Waals surface area contributed by atoms with Crippen LogP contribution in [-0.2, 0) is 4.79 Å². The van der Waals surface area contributed by atoms with E-state index in [-0.39, 0.29) is 11.7 Å². The molecule has 1 N–H and O–H groups in total. The van der Waals surface area contributed by atoms with Crippen molar-refractivity contribution in [1.29, 1.82) is 0 Å². The van der Waals surface area contributed by atoms with Gasteiger partial charge in [-0.05, 0) is 38.1 Å². The molecule has 2 heterocycles. The molecule has 0 aliphatic carbocycles. The Morgan fingerprint density at radius 2 is 1.88 bits per heavy atom. The summed E-state index contributed by atoms with van der Waals surface area (Å²) >= 11 is 13.1. The second-order valence-corrected chi connectivity index (χ2v) is 6.97. The first kappa shape index (κ1) is 17.0. The minimum Gasteiger partial charge on any atom is -0.325 e. The molecule has 24 heavy (non-hydrogen) atoms. The Labute approximate surface area is 152 Å². The van der Waals surface area contributed by atoms with Gasteiger partial charge in [0.05, 0.1) is 5.75 Å². The number of amides is 1. The van der Waals surface area contributed by atoms with Gasteiger partial charge in [0.25, 0.3) is 5.78 Å². The van der Waals surface area contributed by atoms with E-state index in [9.17, 15) is 4.79 Å². The molecule has 9 heteroatoms. The quantitative estimate of drug-likeness (QED) is 0.696. The number of benzene rings is 1. The maximum Gasteiger partial charge on any atom is 0.256 e. The van der Waals surface area contributed by atoms with Gasteiger partial charge in [0, 0.05) is 27.1 Å². The fraction of sp³-hybridized carbons (Fsp3) is 0.200. The smallest absolute Gasteiger partial charge is 0.256 e. The summed E-state index contributed by atoms with van der Waals surface area (Å²) in [5, 5.41) is 12.4. The molecule has 0 saturated heterocycles. The zero-order chi connectivity index (χ0) is 17.3. The molecule has 6 nitrogen and oxygen atoms in total. The summed E-state index contributed by atoms with van der Waals surface area (Å²) in [6, 6.07) is 6.82. The summed E-state index contributed by atoms with van der Waals surface area (Å²) < 4.78 is 1.82. The van der Waals surface area contributed by atoms with E-state index in [2.05, 4.69) is 20.5 Å². The van der Waals surface area contributed by atoms with Gasteiger partial charge in [-0.2, -0.15) is 0 Å². The lowest BCUT2D eigenvalue weighted by molar-refractivity contribution is -0.113. The maximum absolute atomic E-state index is 12.1. The molecule has 0 fully saturated rings. The first-order valence-electron chi connectivity index (χ1n) is 7.00. The Balaban J connectivity index is 1.70. The molecule has 0 unspecified atom stereocenters. The lowest BCUT2D eigenvalue weighted by Gasteiger charge is -2.06. The minimum absolute atomic E-state index is 0.179. The molecule has 0 bridgehead atoms. The van der Waals surface area contributed by atoms with E-state index in [1.165, 1.54) is 11.8 Å². The highest BCUT2D eigenvalue weighted by atomic mass is 35.5. The van der Waals surface area contributed by atoms with E-state index < -0.39 is 0 Å². The number of hydrogen-bond acceptors (Lipinski definition) is 5. The molecule has 0 aliphatic heterocycles. The number of hydrogen-bond donors (Lipinski definition) is 1. The van der Waals surface area contributed by atoms with Crippen molar-refractivity contribution in [3.8, 4) is 0 Å². The number of thioether (sulfide) groups is 1. The number of nitrogens with zero attached hydrogens (tertiary/aromatic N) is 4. The average molecular weight is 382 g/mol. The largest absolute Gasteiger partial charge is 0.325 e. The van der Waals surface area contributed by atoms with Crippen LogP contribution in [0.4, 0.5) is 5.69 Å². The van der Waals surface area contributed by atoms with Crippen molar-refractivity contribution >= 4 is 52.3 Å². The normalized spacial score (nSPS) is 11.0. The number of nitrogens with one attached hydrogen (secondary N) is 1. The first-order chi connectivity index (χ1) is 11.4. The summed E-state index contributed by atoms with van der Waals surface area (Å²) in [7, 11) is 0. The van der Waals surface area contributed by atoms with Crippen LogP contribution in [0, 0.1) is 13.8 Å². The fourth-order valence-electron chi connectivity index (χ4n) is 2.25. The van der Waals surface area contributed by atoms with E-state index in [1.54, 1.807) is 18.2 Å². The third-order valence-corrected chi connectivity index (χ3v) is 4.51. The topological polar surface area (TPSA) is 72.2 Å². The number of rotatable bonds is 4. The Morgan fingerprint density at radius 3 is 2.58 bits per heavy atom. The first-order valence-corrected chi connectivity index (χ1v) is 8.74. The number of carbonyl (C=O) groups excluding carboxylic acids is 1. The maximum atomic E-state index is 12.1. The second kappa shape index (κ2) is 6.96. The van der Waals surface area contributed by atoms with Crippen LogP contribution in [0.2, 0.25) is 10.0 Å². The standard InChI is InChI=1S/C15H13Cl2N5OS/c1-8-3-9(2)22-14(18-8)20-21-15(22)24-7-13(23)19-12-5-10(16)4-11(17)6-12/h3-6H,7H2,1-2H3,(H,19,23). The third kappa shape index (κ3) is 3.80. The van der Waals surface area contributed by atoms with Crippen molar-refractivity contribution in [2.75, 3.05) is 11.1 Å². The van der Waals surface area contributed by atoms with Crippen molar-refractivity contribution in [2.24, 2.45) is 0 Å². The Kier molecular flexibility index (Phi) is 4.93. The number of anilines is 1. The average Bonchev–Trinajstić information content (AvgIpc) is 2.87. The van der Waals surface area contributed by atoms with Crippen LogP contribution in [0.3, 0.4) is 0 Å². The van der Waals surface area contributed by atoms with Crippen LogP contribution in [0.15, 0.2) is 29.4 Å². The van der Waals surface area contributed by atoms with Crippen LogP contribution in [0.1, 0.15) is 11.4 Å². The fourth-order valence-corrected chi connectivity index (χ4v) is 3.56. The van der Waals surface area contributed by atoms with Crippen molar-refractivity contribution < 1.29 is 4.79 Å². The summed E-state index contributed by atoms with van der Waals surface area (Å²) in [6.07, 6.45) is 0. The number of aryl methyl sites for hydroxylation is 2. The summed E-state index contributed by atoms with van der Waals surface area (Å²) in [6.45, 7) is 3.85. The lowest BCUT2D eigenvalue weighted by Crippen LogP contribution is -2.14. The molecule has 0 radical (unpaired) electrons. The van der Waals surface area contributed by atoms with Gasteiger partial charge < -0.3 is 5.32 Å². The Hall–Kier alpha value is -1.83. The Morgan fingerprint density at radius 1 is 1.17 bits per heavy atom. The van der Waals surface area contributed by atoms with Crippen LogP contribution in [0.25, 0.3) is 5.78 Å². The SMILES string of the molecule is Cc1cc(C)n2c(SCC(=O)Nc3cc(Cl)cc(Cl)c3)nnc2n1. The van der Waals surface area contributed by atoms with Crippen molar-refractivity contribution in [1.82, 2.24) is 19.6 Å². The highest BCUT2D eigenvalue weighted by Crippen LogP contribution is 2.23. The van der Waals surface area contributed by atoms with Gasteiger partial charge in [0.2, 0.25) is 5.91 Å². The van der Waals surface area contributed by atoms with Gasteiger partial charge in [-0.3, -0.25) is 9.20 Å². The van der Waals surface area contributed by atoms with Crippen molar-refractivity contribution in [3.63, 3.8) is 0 Å². The predicted molar refractivity (Wildman–Crippen MR) is 96.1 cm³/mol. The van der Waals surface area contributed by atoms with Crippen molar-refractivity contribution in [2.45, 2.75) is 19.0 Å². The Bertz CT molecular complexity index is 907. The molecule has 124 valence electrons. The number of fused-ring (bicyclic) bond motifs is 1. The van der Waals surface area contributed by atoms with Gasteiger partial charge in [-0.25, -0.2) is 4.98 Å². The molecule has 0 spiro atoms. The monoisotopic (exact) mass is 381 g/mol. The molecular weight excluding hydrogens is 369 g/mol. The highest BCUT2D eigenvalue weighted by molar-refractivity contribution is 7.99. The van der Waals surface area contributed by atoms with Gasteiger partial charge in [-0.1, -0.05) is 35.0 Å². The highest BCUT2D eigenvalue weighted by Gasteiger charge is 2.12. The van der Waals surface area contributed by atoms with Crippen LogP contribution in [0.5, 0.6) is 0 Å². The molecular formula is C15H13Cl2N5OS. The predicted octanol–water partition coefficient (Wildman–Crippen LogP) is 3.78. The number of carbonyl (C=O) groups is 1. The minimum atomic E-state index is -0.187.